The van der Waals surface area contributed by atoms with Gasteiger partial charge in [-0.25, -0.2) is 0 Å². The van der Waals surface area contributed by atoms with Gasteiger partial charge in [-0.15, -0.1) is 0 Å². The Morgan fingerprint density at radius 2 is 2.18 bits per heavy atom. The SMILES string of the molecule is Cc1ccc2[nH]c(=O)c(CN(C[C@@H]3CCCO3)C(=O)c3ccccn3)cc2c1. The standard InChI is InChI=1S/C22H23N3O3/c1-15-7-8-19-16(11-15)12-17(21(26)24-19)13-25(14-18-5-4-10-28-18)22(27)20-6-2-3-9-23-20/h2-3,6-9,11-12,18H,4-5,10,13-14H2,1H3,(H,24,26)/t18-/m0/s1. The number of amides is 1. The van der Waals surface area contributed by atoms with E-state index in [1.54, 1.807) is 29.3 Å². The van der Waals surface area contributed by atoms with Gasteiger partial charge in [-0.1, -0.05) is 17.7 Å². The lowest BCUT2D eigenvalue weighted by molar-refractivity contribution is 0.0502. The maximum Gasteiger partial charge on any atom is 0.272 e. The van der Waals surface area contributed by atoms with Crippen molar-refractivity contribution in [1.82, 2.24) is 14.9 Å². The summed E-state index contributed by atoms with van der Waals surface area (Å²) in [7, 11) is 0. The molecule has 1 fully saturated rings. The number of H-pyrrole nitrogens is 1. The fourth-order valence-electron chi connectivity index (χ4n) is 3.60. The number of benzene rings is 1. The van der Waals surface area contributed by atoms with E-state index in [1.807, 2.05) is 31.2 Å². The number of nitrogens with zero attached hydrogens (tertiary/aromatic N) is 2. The maximum absolute atomic E-state index is 13.1. The summed E-state index contributed by atoms with van der Waals surface area (Å²) in [4.78, 5) is 34.4. The summed E-state index contributed by atoms with van der Waals surface area (Å²) in [5.41, 5.74) is 2.66. The summed E-state index contributed by atoms with van der Waals surface area (Å²) in [6, 6.07) is 13.0. The number of pyridine rings is 2. The van der Waals surface area contributed by atoms with Gasteiger partial charge in [-0.3, -0.25) is 14.6 Å². The van der Waals surface area contributed by atoms with Crippen LogP contribution >= 0.6 is 0 Å². The average molecular weight is 377 g/mol. The molecule has 1 aromatic carbocycles. The maximum atomic E-state index is 13.1. The summed E-state index contributed by atoms with van der Waals surface area (Å²) in [6.45, 7) is 3.39. The van der Waals surface area contributed by atoms with Crippen LogP contribution in [0, 0.1) is 6.92 Å². The molecule has 0 aliphatic carbocycles. The molecule has 6 heteroatoms. The Kier molecular flexibility index (Phi) is 5.21. The van der Waals surface area contributed by atoms with Crippen molar-refractivity contribution in [3.05, 3.63) is 75.8 Å². The Hall–Kier alpha value is -2.99. The van der Waals surface area contributed by atoms with Gasteiger partial charge < -0.3 is 14.6 Å². The number of hydrogen-bond donors (Lipinski definition) is 1. The zero-order valence-corrected chi connectivity index (χ0v) is 15.9. The molecule has 3 aromatic rings. The zero-order chi connectivity index (χ0) is 19.5. The van der Waals surface area contributed by atoms with Crippen molar-refractivity contribution in [2.75, 3.05) is 13.2 Å². The topological polar surface area (TPSA) is 75.3 Å². The molecule has 3 heterocycles. The monoisotopic (exact) mass is 377 g/mol. The van der Waals surface area contributed by atoms with E-state index in [4.69, 9.17) is 4.74 Å². The minimum Gasteiger partial charge on any atom is -0.376 e. The molecular formula is C22H23N3O3. The lowest BCUT2D eigenvalue weighted by Gasteiger charge is -2.25. The van der Waals surface area contributed by atoms with E-state index in [1.165, 1.54) is 0 Å². The number of nitrogens with one attached hydrogen (secondary N) is 1. The van der Waals surface area contributed by atoms with E-state index in [-0.39, 0.29) is 24.1 Å². The molecule has 0 radical (unpaired) electrons. The van der Waals surface area contributed by atoms with Crippen LogP contribution in [0.4, 0.5) is 0 Å². The predicted molar refractivity (Wildman–Crippen MR) is 107 cm³/mol. The van der Waals surface area contributed by atoms with Gasteiger partial charge in [0.1, 0.15) is 5.69 Å². The molecule has 28 heavy (non-hydrogen) atoms. The first-order valence-electron chi connectivity index (χ1n) is 9.54. The third-order valence-electron chi connectivity index (χ3n) is 5.06. The van der Waals surface area contributed by atoms with Gasteiger partial charge >= 0.3 is 0 Å². The van der Waals surface area contributed by atoms with Gasteiger partial charge in [-0.2, -0.15) is 0 Å². The van der Waals surface area contributed by atoms with Crippen molar-refractivity contribution in [1.29, 1.82) is 0 Å². The largest absolute Gasteiger partial charge is 0.376 e. The summed E-state index contributed by atoms with van der Waals surface area (Å²) in [6.07, 6.45) is 3.50. The molecule has 4 rings (SSSR count). The van der Waals surface area contributed by atoms with Gasteiger partial charge in [-0.05, 0) is 55.5 Å². The highest BCUT2D eigenvalue weighted by molar-refractivity contribution is 5.92. The van der Waals surface area contributed by atoms with Gasteiger partial charge in [0.15, 0.2) is 0 Å². The lowest BCUT2D eigenvalue weighted by Crippen LogP contribution is -2.38. The first-order chi connectivity index (χ1) is 13.6. The van der Waals surface area contributed by atoms with Crippen LogP contribution in [0.2, 0.25) is 0 Å². The fraction of sp³-hybridized carbons (Fsp3) is 0.318. The molecule has 1 saturated heterocycles. The number of ether oxygens (including phenoxy) is 1. The second-order valence-corrected chi connectivity index (χ2v) is 7.25. The van der Waals surface area contributed by atoms with Crippen LogP contribution in [-0.4, -0.2) is 40.0 Å². The third-order valence-corrected chi connectivity index (χ3v) is 5.06. The Balaban J connectivity index is 1.66. The van der Waals surface area contributed by atoms with E-state index in [9.17, 15) is 9.59 Å². The Labute approximate surface area is 163 Å². The lowest BCUT2D eigenvalue weighted by atomic mass is 10.1. The predicted octanol–water partition coefficient (Wildman–Crippen LogP) is 3.05. The Bertz CT molecular complexity index is 1040. The molecule has 1 amide bonds. The average Bonchev–Trinajstić information content (AvgIpc) is 3.21. The number of aryl methyl sites for hydroxylation is 1. The molecule has 1 aliphatic heterocycles. The normalized spacial score (nSPS) is 16.4. The third kappa shape index (κ3) is 3.97. The van der Waals surface area contributed by atoms with Crippen LogP contribution in [-0.2, 0) is 11.3 Å². The zero-order valence-electron chi connectivity index (χ0n) is 15.9. The van der Waals surface area contributed by atoms with Crippen LogP contribution in [0.15, 0.2) is 53.5 Å². The summed E-state index contributed by atoms with van der Waals surface area (Å²) in [5.74, 6) is -0.195. The Morgan fingerprint density at radius 3 is 2.93 bits per heavy atom. The summed E-state index contributed by atoms with van der Waals surface area (Å²) in [5, 5.41) is 0.956. The number of rotatable bonds is 5. The van der Waals surface area contributed by atoms with Crippen molar-refractivity contribution in [3.63, 3.8) is 0 Å². The van der Waals surface area contributed by atoms with Crippen LogP contribution in [0.5, 0.6) is 0 Å². The fourth-order valence-corrected chi connectivity index (χ4v) is 3.60. The van der Waals surface area contributed by atoms with E-state index >= 15 is 0 Å². The minimum atomic E-state index is -0.195. The molecule has 0 spiro atoms. The van der Waals surface area contributed by atoms with Crippen molar-refractivity contribution in [3.8, 4) is 0 Å². The highest BCUT2D eigenvalue weighted by Gasteiger charge is 2.25. The minimum absolute atomic E-state index is 0.00514. The van der Waals surface area contributed by atoms with Crippen LogP contribution in [0.1, 0.15) is 34.5 Å². The summed E-state index contributed by atoms with van der Waals surface area (Å²) < 4.78 is 5.72. The van der Waals surface area contributed by atoms with Crippen LogP contribution < -0.4 is 5.56 Å². The van der Waals surface area contributed by atoms with Gasteiger partial charge in [0.25, 0.3) is 11.5 Å². The van der Waals surface area contributed by atoms with Gasteiger partial charge in [0, 0.05) is 30.4 Å². The molecule has 0 bridgehead atoms. The Morgan fingerprint density at radius 1 is 1.29 bits per heavy atom. The summed E-state index contributed by atoms with van der Waals surface area (Å²) >= 11 is 0. The molecule has 1 aliphatic rings. The quantitative estimate of drug-likeness (QED) is 0.742. The molecule has 1 N–H and O–H groups in total. The number of hydrogen-bond acceptors (Lipinski definition) is 4. The number of fused-ring (bicyclic) bond motifs is 1. The van der Waals surface area contributed by atoms with Crippen molar-refractivity contribution >= 4 is 16.8 Å². The van der Waals surface area contributed by atoms with Crippen molar-refractivity contribution < 1.29 is 9.53 Å². The number of carbonyl (C=O) groups excluding carboxylic acids is 1. The number of aromatic amines is 1. The van der Waals surface area contributed by atoms with E-state index in [0.29, 0.717) is 24.4 Å². The molecular weight excluding hydrogens is 354 g/mol. The second kappa shape index (κ2) is 7.94. The molecule has 0 saturated carbocycles. The first kappa shape index (κ1) is 18.4. The van der Waals surface area contributed by atoms with E-state index < -0.39 is 0 Å². The van der Waals surface area contributed by atoms with Crippen LogP contribution in [0.25, 0.3) is 10.9 Å². The van der Waals surface area contributed by atoms with Crippen molar-refractivity contribution in [2.24, 2.45) is 0 Å². The highest BCUT2D eigenvalue weighted by Crippen LogP contribution is 2.18. The van der Waals surface area contributed by atoms with E-state index in [2.05, 4.69) is 9.97 Å². The van der Waals surface area contributed by atoms with Crippen molar-refractivity contribution in [2.45, 2.75) is 32.4 Å². The molecule has 2 aromatic heterocycles. The van der Waals surface area contributed by atoms with Crippen LogP contribution in [0.3, 0.4) is 0 Å². The number of aromatic nitrogens is 2. The van der Waals surface area contributed by atoms with E-state index in [0.717, 1.165) is 29.3 Å². The molecule has 144 valence electrons. The second-order valence-electron chi connectivity index (χ2n) is 7.25. The van der Waals surface area contributed by atoms with Gasteiger partial charge in [0.05, 0.1) is 12.6 Å². The molecule has 0 unspecified atom stereocenters. The smallest absolute Gasteiger partial charge is 0.272 e. The molecule has 1 atom stereocenters. The first-order valence-corrected chi connectivity index (χ1v) is 9.54. The highest BCUT2D eigenvalue weighted by atomic mass is 16.5. The van der Waals surface area contributed by atoms with Gasteiger partial charge in [0.2, 0.25) is 0 Å². The number of carbonyl (C=O) groups is 1. The molecule has 6 nitrogen and oxygen atoms in total.